The molecule has 220 valence electrons. The van der Waals surface area contributed by atoms with Gasteiger partial charge in [0.1, 0.15) is 0 Å². The van der Waals surface area contributed by atoms with Crippen LogP contribution in [0, 0.1) is 5.21 Å². The van der Waals surface area contributed by atoms with Crippen molar-refractivity contribution in [2.75, 3.05) is 20.6 Å². The van der Waals surface area contributed by atoms with E-state index in [1.165, 1.54) is 173 Å². The predicted octanol–water partition coefficient (Wildman–Crippen LogP) is 12.5. The number of unbranched alkanes of at least 4 members (excludes halogenated alkanes) is 26. The third kappa shape index (κ3) is 41.1. The molecule has 0 amide bonds. The smallest absolute Gasteiger partial charge is 0.0779 e. The van der Waals surface area contributed by atoms with Gasteiger partial charge < -0.3 is 9.85 Å². The number of hydrogen-bond donors (Lipinski definition) is 0. The van der Waals surface area contributed by atoms with E-state index >= 15 is 0 Å². The molecular formula is C34H73NO. The van der Waals surface area contributed by atoms with Gasteiger partial charge in [-0.3, -0.25) is 0 Å². The third-order valence-electron chi connectivity index (χ3n) is 7.51. The average Bonchev–Trinajstić information content (AvgIpc) is 2.85. The number of quaternary nitrogens is 1. The lowest BCUT2D eigenvalue weighted by molar-refractivity contribution is -0.840. The van der Waals surface area contributed by atoms with Gasteiger partial charge in [-0.1, -0.05) is 188 Å². The predicted molar refractivity (Wildman–Crippen MR) is 167 cm³/mol. The zero-order chi connectivity index (χ0) is 27.0. The molecule has 0 aromatic rings. The van der Waals surface area contributed by atoms with E-state index in [4.69, 9.17) is 0 Å². The zero-order valence-corrected chi connectivity index (χ0v) is 26.4. The molecule has 0 fully saturated rings. The van der Waals surface area contributed by atoms with Crippen molar-refractivity contribution in [3.8, 4) is 0 Å². The van der Waals surface area contributed by atoms with Crippen LogP contribution in [0.4, 0.5) is 0 Å². The first-order chi connectivity index (χ1) is 17.5. The highest BCUT2D eigenvalue weighted by atomic mass is 16.5. The molecule has 0 unspecified atom stereocenters. The summed E-state index contributed by atoms with van der Waals surface area (Å²) < 4.78 is -0.126. The molecule has 0 aromatic heterocycles. The van der Waals surface area contributed by atoms with E-state index in [9.17, 15) is 5.21 Å². The van der Waals surface area contributed by atoms with Crippen LogP contribution in [0.2, 0.25) is 0 Å². The van der Waals surface area contributed by atoms with Gasteiger partial charge in [-0.15, -0.1) is 0 Å². The molecule has 0 rings (SSSR count). The summed E-state index contributed by atoms with van der Waals surface area (Å²) in [4.78, 5) is 0. The summed E-state index contributed by atoms with van der Waals surface area (Å²) in [6.07, 6.45) is 39.6. The van der Waals surface area contributed by atoms with E-state index in [-0.39, 0.29) is 4.65 Å². The molecule has 0 N–H and O–H groups in total. The third-order valence-corrected chi connectivity index (χ3v) is 7.51. The van der Waals surface area contributed by atoms with E-state index in [0.29, 0.717) is 0 Å². The average molecular weight is 512 g/mol. The quantitative estimate of drug-likeness (QED) is 0.0581. The number of rotatable bonds is 28. The summed E-state index contributed by atoms with van der Waals surface area (Å²) >= 11 is 0. The first-order valence-electron chi connectivity index (χ1n) is 17.0. The van der Waals surface area contributed by atoms with Gasteiger partial charge in [-0.25, -0.2) is 0 Å². The Bertz CT molecular complexity index is 351. The maximum atomic E-state index is 11.4. The minimum atomic E-state index is -0.126. The van der Waals surface area contributed by atoms with Gasteiger partial charge in [0.25, 0.3) is 0 Å². The maximum absolute atomic E-state index is 11.4. The Balaban J connectivity index is 0. The molecule has 36 heavy (non-hydrogen) atoms. The summed E-state index contributed by atoms with van der Waals surface area (Å²) in [5.41, 5.74) is 0. The van der Waals surface area contributed by atoms with Crippen LogP contribution >= 0.6 is 0 Å². The Morgan fingerprint density at radius 1 is 0.306 bits per heavy atom. The van der Waals surface area contributed by atoms with Crippen LogP contribution in [-0.4, -0.2) is 25.3 Å². The standard InChI is InChI=1S/C20H43NO.C14H30/c1-4-5-6-7-8-9-10-11-12-13-14-15-16-17-18-19-20-21(2,3)22;1-3-5-7-9-11-13-14-12-10-8-6-4-2/h4-20H2,1-3H3;3-14H2,1-2H3. The van der Waals surface area contributed by atoms with E-state index in [1.54, 1.807) is 14.1 Å². The molecule has 0 aliphatic rings. The lowest BCUT2D eigenvalue weighted by Gasteiger charge is -2.33. The van der Waals surface area contributed by atoms with Gasteiger partial charge in [0, 0.05) is 0 Å². The number of hydroxylamine groups is 3. The van der Waals surface area contributed by atoms with Crippen LogP contribution in [0.25, 0.3) is 0 Å². The molecule has 0 aliphatic heterocycles. The Morgan fingerprint density at radius 2 is 0.472 bits per heavy atom. The number of nitrogens with zero attached hydrogens (tertiary/aromatic N) is 1. The zero-order valence-electron chi connectivity index (χ0n) is 26.4. The van der Waals surface area contributed by atoms with Crippen molar-refractivity contribution in [3.63, 3.8) is 0 Å². The SMILES string of the molecule is CCCCCCCCCCCCCC.CCCCCCCCCCCCCCCCCC[N+](C)(C)[O-]. The van der Waals surface area contributed by atoms with Crippen molar-refractivity contribution in [1.82, 2.24) is 0 Å². The fourth-order valence-corrected chi connectivity index (χ4v) is 4.95. The Kier molecular flexibility index (Phi) is 34.8. The van der Waals surface area contributed by atoms with E-state index < -0.39 is 0 Å². The van der Waals surface area contributed by atoms with Crippen molar-refractivity contribution in [2.45, 2.75) is 201 Å². The summed E-state index contributed by atoms with van der Waals surface area (Å²) in [7, 11) is 3.48. The highest BCUT2D eigenvalue weighted by Gasteiger charge is 2.00. The molecule has 0 saturated carbocycles. The van der Waals surface area contributed by atoms with Gasteiger partial charge in [0.2, 0.25) is 0 Å². The van der Waals surface area contributed by atoms with Crippen molar-refractivity contribution >= 4 is 0 Å². The molecule has 0 aliphatic carbocycles. The molecule has 0 radical (unpaired) electrons. The molecular weight excluding hydrogens is 438 g/mol. The Labute approximate surface area is 231 Å². The van der Waals surface area contributed by atoms with Crippen LogP contribution in [0.3, 0.4) is 0 Å². The van der Waals surface area contributed by atoms with Crippen LogP contribution in [0.15, 0.2) is 0 Å². The minimum Gasteiger partial charge on any atom is -0.633 e. The molecule has 0 heterocycles. The van der Waals surface area contributed by atoms with Gasteiger partial charge in [0.05, 0.1) is 20.6 Å². The molecule has 0 bridgehead atoms. The fraction of sp³-hybridized carbons (Fsp3) is 1.00. The monoisotopic (exact) mass is 512 g/mol. The summed E-state index contributed by atoms with van der Waals surface area (Å²) in [6.45, 7) is 7.63. The van der Waals surface area contributed by atoms with Crippen molar-refractivity contribution in [2.24, 2.45) is 0 Å². The van der Waals surface area contributed by atoms with Gasteiger partial charge in [0.15, 0.2) is 0 Å². The van der Waals surface area contributed by atoms with Crippen molar-refractivity contribution < 1.29 is 4.65 Å². The molecule has 0 aromatic carbocycles. The maximum Gasteiger partial charge on any atom is 0.0779 e. The minimum absolute atomic E-state index is 0.126. The van der Waals surface area contributed by atoms with Crippen LogP contribution < -0.4 is 0 Å². The van der Waals surface area contributed by atoms with E-state index in [0.717, 1.165) is 13.0 Å². The Hall–Kier alpha value is -0.0800. The molecule has 0 spiro atoms. The lowest BCUT2D eigenvalue weighted by Crippen LogP contribution is -2.32. The van der Waals surface area contributed by atoms with Crippen molar-refractivity contribution in [3.05, 3.63) is 5.21 Å². The fourth-order valence-electron chi connectivity index (χ4n) is 4.95. The van der Waals surface area contributed by atoms with Gasteiger partial charge in [-0.05, 0) is 12.8 Å². The summed E-state index contributed by atoms with van der Waals surface area (Å²) in [6, 6.07) is 0. The Morgan fingerprint density at radius 3 is 0.639 bits per heavy atom. The number of hydrogen-bond acceptors (Lipinski definition) is 1. The van der Waals surface area contributed by atoms with Crippen LogP contribution in [-0.2, 0) is 0 Å². The first kappa shape index (κ1) is 38.1. The lowest BCUT2D eigenvalue weighted by atomic mass is 10.0. The first-order valence-corrected chi connectivity index (χ1v) is 17.0. The van der Waals surface area contributed by atoms with Crippen LogP contribution in [0.5, 0.6) is 0 Å². The van der Waals surface area contributed by atoms with E-state index in [1.807, 2.05) is 0 Å². The van der Waals surface area contributed by atoms with E-state index in [2.05, 4.69) is 20.8 Å². The van der Waals surface area contributed by atoms with Crippen molar-refractivity contribution in [1.29, 1.82) is 0 Å². The van der Waals surface area contributed by atoms with Crippen LogP contribution in [0.1, 0.15) is 201 Å². The largest absolute Gasteiger partial charge is 0.633 e. The molecule has 0 saturated heterocycles. The topological polar surface area (TPSA) is 23.1 Å². The molecule has 0 atom stereocenters. The molecule has 2 heteroatoms. The summed E-state index contributed by atoms with van der Waals surface area (Å²) in [5.74, 6) is 0. The van der Waals surface area contributed by atoms with Gasteiger partial charge >= 0.3 is 0 Å². The molecule has 2 nitrogen and oxygen atoms in total. The summed E-state index contributed by atoms with van der Waals surface area (Å²) in [5, 5.41) is 11.4. The second kappa shape index (κ2) is 32.9. The normalized spacial score (nSPS) is 11.5. The highest BCUT2D eigenvalue weighted by molar-refractivity contribution is 4.50. The second-order valence-electron chi connectivity index (χ2n) is 12.1. The second-order valence-corrected chi connectivity index (χ2v) is 12.1. The highest BCUT2D eigenvalue weighted by Crippen LogP contribution is 2.14. The van der Waals surface area contributed by atoms with Gasteiger partial charge in [-0.2, -0.15) is 0 Å².